The van der Waals surface area contributed by atoms with E-state index in [1.54, 1.807) is 11.8 Å². The number of benzene rings is 2. The second-order valence-electron chi connectivity index (χ2n) is 6.48. The fraction of sp³-hybridized carbons (Fsp3) is 0.316. The number of aliphatic hydroxyl groups excluding tert-OH is 1. The number of anilines is 1. The van der Waals surface area contributed by atoms with Gasteiger partial charge in [0.15, 0.2) is 0 Å². The molecule has 0 spiro atoms. The molecule has 0 saturated heterocycles. The highest BCUT2D eigenvalue weighted by atomic mass is 32.2. The summed E-state index contributed by atoms with van der Waals surface area (Å²) < 4.78 is 0.149. The highest BCUT2D eigenvalue weighted by Gasteiger charge is 2.14. The van der Waals surface area contributed by atoms with E-state index in [0.29, 0.717) is 0 Å². The largest absolute Gasteiger partial charge is 0.394 e. The van der Waals surface area contributed by atoms with Gasteiger partial charge in [-0.2, -0.15) is 0 Å². The van der Waals surface area contributed by atoms with Crippen LogP contribution in [-0.2, 0) is 0 Å². The van der Waals surface area contributed by atoms with Gasteiger partial charge in [-0.3, -0.25) is 0 Å². The van der Waals surface area contributed by atoms with Crippen LogP contribution in [0.25, 0.3) is 0 Å². The monoisotopic (exact) mass is 344 g/mol. The van der Waals surface area contributed by atoms with E-state index in [1.807, 2.05) is 54.6 Å². The van der Waals surface area contributed by atoms with Crippen molar-refractivity contribution in [2.75, 3.05) is 11.9 Å². The zero-order valence-corrected chi connectivity index (χ0v) is 15.1. The Morgan fingerprint density at radius 1 is 1.08 bits per heavy atom. The molecule has 0 heterocycles. The molecule has 5 heteroatoms. The molecule has 0 fully saturated rings. The molecule has 0 aliphatic rings. The van der Waals surface area contributed by atoms with Crippen LogP contribution >= 0.6 is 11.8 Å². The summed E-state index contributed by atoms with van der Waals surface area (Å²) in [7, 11) is 0. The number of hydrogen-bond donors (Lipinski definition) is 3. The van der Waals surface area contributed by atoms with Gasteiger partial charge in [0, 0.05) is 15.3 Å². The number of thioether (sulfide) groups is 1. The first-order valence-electron chi connectivity index (χ1n) is 7.90. The maximum atomic E-state index is 12.1. The molecule has 2 rings (SSSR count). The predicted octanol–water partition coefficient (Wildman–Crippen LogP) is 4.43. The van der Waals surface area contributed by atoms with E-state index in [1.165, 1.54) is 0 Å². The summed E-state index contributed by atoms with van der Waals surface area (Å²) in [6, 6.07) is 16.4. The minimum Gasteiger partial charge on any atom is -0.394 e. The lowest BCUT2D eigenvalue weighted by atomic mass is 10.1. The summed E-state index contributed by atoms with van der Waals surface area (Å²) in [4.78, 5) is 13.3. The third-order valence-corrected chi connectivity index (χ3v) is 4.35. The molecule has 0 aromatic heterocycles. The Labute approximate surface area is 147 Å². The van der Waals surface area contributed by atoms with Crippen molar-refractivity contribution in [2.24, 2.45) is 0 Å². The summed E-state index contributed by atoms with van der Waals surface area (Å²) in [6.07, 6.45) is 0. The van der Waals surface area contributed by atoms with Crippen LogP contribution in [0.5, 0.6) is 0 Å². The highest BCUT2D eigenvalue weighted by molar-refractivity contribution is 8.00. The number of carbonyl (C=O) groups is 1. The SMILES string of the molecule is CC(C)(C)Sc1ccc(NC(=O)N[C@H](CO)c2ccccc2)cc1. The first kappa shape index (κ1) is 18.4. The molecule has 24 heavy (non-hydrogen) atoms. The van der Waals surface area contributed by atoms with E-state index in [0.717, 1.165) is 16.1 Å². The molecular weight excluding hydrogens is 320 g/mol. The molecule has 0 saturated carbocycles. The molecule has 0 aliphatic heterocycles. The number of nitrogens with one attached hydrogen (secondary N) is 2. The Bertz CT molecular complexity index is 651. The first-order chi connectivity index (χ1) is 11.4. The van der Waals surface area contributed by atoms with Gasteiger partial charge in [0.25, 0.3) is 0 Å². The standard InChI is InChI=1S/C19H24N2O2S/c1-19(2,3)24-16-11-9-15(10-12-16)20-18(23)21-17(13-22)14-7-5-4-6-8-14/h4-12,17,22H,13H2,1-3H3,(H2,20,21,23)/t17-/m1/s1. The van der Waals surface area contributed by atoms with Gasteiger partial charge >= 0.3 is 6.03 Å². The van der Waals surface area contributed by atoms with Crippen molar-refractivity contribution in [3.63, 3.8) is 0 Å². The fourth-order valence-corrected chi connectivity index (χ4v) is 3.18. The lowest BCUT2D eigenvalue weighted by Crippen LogP contribution is -2.34. The predicted molar refractivity (Wildman–Crippen MR) is 100 cm³/mol. The van der Waals surface area contributed by atoms with Crippen LogP contribution < -0.4 is 10.6 Å². The Hall–Kier alpha value is -1.98. The van der Waals surface area contributed by atoms with Gasteiger partial charge in [0.05, 0.1) is 12.6 Å². The highest BCUT2D eigenvalue weighted by Crippen LogP contribution is 2.32. The van der Waals surface area contributed by atoms with E-state index in [-0.39, 0.29) is 17.4 Å². The summed E-state index contributed by atoms with van der Waals surface area (Å²) in [6.45, 7) is 6.33. The number of urea groups is 1. The third kappa shape index (κ3) is 5.91. The number of carbonyl (C=O) groups excluding carboxylic acids is 1. The molecule has 4 nitrogen and oxygen atoms in total. The van der Waals surface area contributed by atoms with Crippen LogP contribution in [0.1, 0.15) is 32.4 Å². The van der Waals surface area contributed by atoms with Crippen LogP contribution in [0, 0.1) is 0 Å². The smallest absolute Gasteiger partial charge is 0.319 e. The average molecular weight is 344 g/mol. The fourth-order valence-electron chi connectivity index (χ4n) is 2.21. The van der Waals surface area contributed by atoms with E-state index in [9.17, 15) is 9.90 Å². The zero-order chi connectivity index (χ0) is 17.6. The molecule has 2 aromatic rings. The minimum atomic E-state index is -0.429. The summed E-state index contributed by atoms with van der Waals surface area (Å²) in [5, 5.41) is 15.1. The first-order valence-corrected chi connectivity index (χ1v) is 8.71. The second kappa shape index (κ2) is 8.22. The Morgan fingerprint density at radius 3 is 2.25 bits per heavy atom. The maximum Gasteiger partial charge on any atom is 0.319 e. The molecule has 0 unspecified atom stereocenters. The van der Waals surface area contributed by atoms with Crippen LogP contribution in [0.4, 0.5) is 10.5 Å². The topological polar surface area (TPSA) is 61.4 Å². The molecule has 128 valence electrons. The van der Waals surface area contributed by atoms with Crippen molar-refractivity contribution in [3.8, 4) is 0 Å². The van der Waals surface area contributed by atoms with Crippen LogP contribution in [0.3, 0.4) is 0 Å². The van der Waals surface area contributed by atoms with Crippen molar-refractivity contribution in [1.82, 2.24) is 5.32 Å². The van der Waals surface area contributed by atoms with E-state index < -0.39 is 6.04 Å². The minimum absolute atomic E-state index is 0.149. The van der Waals surface area contributed by atoms with Crippen molar-refractivity contribution in [3.05, 3.63) is 60.2 Å². The molecule has 0 bridgehead atoms. The zero-order valence-electron chi connectivity index (χ0n) is 14.2. The van der Waals surface area contributed by atoms with Crippen molar-refractivity contribution in [2.45, 2.75) is 36.5 Å². The summed E-state index contributed by atoms with van der Waals surface area (Å²) in [5.41, 5.74) is 1.59. The average Bonchev–Trinajstić information content (AvgIpc) is 2.54. The number of rotatable bonds is 5. The van der Waals surface area contributed by atoms with Gasteiger partial charge < -0.3 is 15.7 Å². The summed E-state index contributed by atoms with van der Waals surface area (Å²) >= 11 is 1.78. The molecule has 2 amide bonds. The maximum absolute atomic E-state index is 12.1. The molecule has 3 N–H and O–H groups in total. The number of aliphatic hydroxyl groups is 1. The Balaban J connectivity index is 1.94. The lowest BCUT2D eigenvalue weighted by Gasteiger charge is -2.18. The lowest BCUT2D eigenvalue weighted by molar-refractivity contribution is 0.225. The van der Waals surface area contributed by atoms with Gasteiger partial charge in [-0.1, -0.05) is 51.1 Å². The van der Waals surface area contributed by atoms with Crippen molar-refractivity contribution >= 4 is 23.5 Å². The molecule has 0 radical (unpaired) electrons. The second-order valence-corrected chi connectivity index (χ2v) is 8.38. The van der Waals surface area contributed by atoms with Gasteiger partial charge in [0.1, 0.15) is 0 Å². The van der Waals surface area contributed by atoms with Gasteiger partial charge in [-0.15, -0.1) is 11.8 Å². The van der Waals surface area contributed by atoms with Crippen LogP contribution in [-0.4, -0.2) is 22.5 Å². The van der Waals surface area contributed by atoms with E-state index in [2.05, 4.69) is 31.4 Å². The Kier molecular flexibility index (Phi) is 6.29. The van der Waals surface area contributed by atoms with Gasteiger partial charge in [0.2, 0.25) is 0 Å². The van der Waals surface area contributed by atoms with Crippen molar-refractivity contribution in [1.29, 1.82) is 0 Å². The number of amides is 2. The molecular formula is C19H24N2O2S. The summed E-state index contributed by atoms with van der Waals surface area (Å²) in [5.74, 6) is 0. The van der Waals surface area contributed by atoms with Crippen LogP contribution in [0.15, 0.2) is 59.5 Å². The van der Waals surface area contributed by atoms with Gasteiger partial charge in [-0.25, -0.2) is 4.79 Å². The van der Waals surface area contributed by atoms with Crippen LogP contribution in [0.2, 0.25) is 0 Å². The third-order valence-electron chi connectivity index (χ3n) is 3.23. The normalized spacial score (nSPS) is 12.5. The molecule has 1 atom stereocenters. The molecule has 0 aliphatic carbocycles. The van der Waals surface area contributed by atoms with E-state index >= 15 is 0 Å². The number of hydrogen-bond acceptors (Lipinski definition) is 3. The van der Waals surface area contributed by atoms with Gasteiger partial charge in [-0.05, 0) is 29.8 Å². The Morgan fingerprint density at radius 2 is 1.71 bits per heavy atom. The molecule has 2 aromatic carbocycles. The van der Waals surface area contributed by atoms with E-state index in [4.69, 9.17) is 0 Å². The quantitative estimate of drug-likeness (QED) is 0.703. The van der Waals surface area contributed by atoms with Crippen molar-refractivity contribution < 1.29 is 9.90 Å².